The largest absolute Gasteiger partial charge is 0.477 e. The van der Waals surface area contributed by atoms with Gasteiger partial charge in [-0.3, -0.25) is 19.5 Å². The smallest absolute Gasteiger partial charge is 0.337 e. The van der Waals surface area contributed by atoms with Crippen molar-refractivity contribution in [2.75, 3.05) is 33.9 Å². The number of pyridine rings is 1. The van der Waals surface area contributed by atoms with E-state index in [1.165, 1.54) is 35.0 Å². The van der Waals surface area contributed by atoms with Crippen LogP contribution in [0.2, 0.25) is 0 Å². The Morgan fingerprint density at radius 1 is 1.07 bits per heavy atom. The van der Waals surface area contributed by atoms with E-state index < -0.39 is 34.4 Å². The molecule has 11 nitrogen and oxygen atoms in total. The van der Waals surface area contributed by atoms with Crippen molar-refractivity contribution in [1.82, 2.24) is 19.0 Å². The van der Waals surface area contributed by atoms with Gasteiger partial charge in [-0.25, -0.2) is 23.1 Å². The molecule has 0 saturated carbocycles. The summed E-state index contributed by atoms with van der Waals surface area (Å²) in [4.78, 5) is 46.0. The van der Waals surface area contributed by atoms with E-state index in [0.717, 1.165) is 28.0 Å². The zero-order valence-corrected chi connectivity index (χ0v) is 25.1. The van der Waals surface area contributed by atoms with Crippen molar-refractivity contribution >= 4 is 27.2 Å². The van der Waals surface area contributed by atoms with Crippen LogP contribution in [0.15, 0.2) is 70.4 Å². The second-order valence-corrected chi connectivity index (χ2v) is 11.9. The predicted molar refractivity (Wildman–Crippen MR) is 164 cm³/mol. The van der Waals surface area contributed by atoms with Crippen molar-refractivity contribution < 1.29 is 23.2 Å². The molecule has 0 atom stereocenters. The standard InChI is InChI=1S/C31H27F2N5O6S/c1-35(2)13-23-27-29(39)37(21-10-11-26(34-12-21)44-17-18-15-43-16-18)31(40)36(14-22-24(32)4-3-5-25(22)33)30(27)45-28(23)19-6-8-20(9-7-19)38(41)42/h3-12,18H,13-17H2,1-2H3. The summed E-state index contributed by atoms with van der Waals surface area (Å²) < 4.78 is 42.7. The summed E-state index contributed by atoms with van der Waals surface area (Å²) in [6.45, 7) is 1.39. The lowest BCUT2D eigenvalue weighted by Crippen LogP contribution is -2.39. The highest BCUT2D eigenvalue weighted by Crippen LogP contribution is 2.38. The third-order valence-electron chi connectivity index (χ3n) is 7.42. The maximum Gasteiger partial charge on any atom is 0.337 e. The van der Waals surface area contributed by atoms with Crippen LogP contribution >= 0.6 is 11.3 Å². The molecule has 3 aromatic heterocycles. The van der Waals surface area contributed by atoms with Gasteiger partial charge in [0.1, 0.15) is 16.5 Å². The number of fused-ring (bicyclic) bond motifs is 1. The number of rotatable bonds is 10. The minimum atomic E-state index is -0.839. The zero-order chi connectivity index (χ0) is 31.8. The molecule has 0 bridgehead atoms. The van der Waals surface area contributed by atoms with Crippen LogP contribution in [0.3, 0.4) is 0 Å². The van der Waals surface area contributed by atoms with Crippen molar-refractivity contribution in [2.24, 2.45) is 5.92 Å². The SMILES string of the molecule is CN(C)Cc1c(-c2ccc([N+](=O)[O-])cc2)sc2c1c(=O)n(-c1ccc(OCC3COC3)nc1)c(=O)n2Cc1c(F)cccc1F. The Balaban J connectivity index is 1.57. The van der Waals surface area contributed by atoms with Gasteiger partial charge in [0.2, 0.25) is 5.88 Å². The van der Waals surface area contributed by atoms with Crippen LogP contribution in [0, 0.1) is 27.7 Å². The first-order valence-corrected chi connectivity index (χ1v) is 14.7. The normalized spacial score (nSPS) is 13.4. The van der Waals surface area contributed by atoms with Crippen molar-refractivity contribution in [3.8, 4) is 22.0 Å². The van der Waals surface area contributed by atoms with Gasteiger partial charge in [0.15, 0.2) is 0 Å². The second-order valence-electron chi connectivity index (χ2n) is 10.9. The fourth-order valence-corrected chi connectivity index (χ4v) is 6.39. The molecule has 1 saturated heterocycles. The van der Waals surface area contributed by atoms with Crippen LogP contribution in [-0.4, -0.2) is 57.9 Å². The van der Waals surface area contributed by atoms with Crippen molar-refractivity contribution in [2.45, 2.75) is 13.1 Å². The number of non-ortho nitro benzene ring substituents is 1. The van der Waals surface area contributed by atoms with Crippen molar-refractivity contribution in [1.29, 1.82) is 0 Å². The lowest BCUT2D eigenvalue weighted by Gasteiger charge is -2.25. The fourth-order valence-electron chi connectivity index (χ4n) is 5.09. The van der Waals surface area contributed by atoms with E-state index in [1.807, 2.05) is 19.0 Å². The first-order chi connectivity index (χ1) is 21.6. The highest BCUT2D eigenvalue weighted by Gasteiger charge is 2.26. The molecule has 0 spiro atoms. The van der Waals surface area contributed by atoms with E-state index in [1.54, 1.807) is 18.2 Å². The van der Waals surface area contributed by atoms with Crippen molar-refractivity contribution in [3.63, 3.8) is 0 Å². The van der Waals surface area contributed by atoms with Gasteiger partial charge in [-0.1, -0.05) is 6.07 Å². The van der Waals surface area contributed by atoms with Crippen LogP contribution in [-0.2, 0) is 17.8 Å². The van der Waals surface area contributed by atoms with Gasteiger partial charge in [-0.05, 0) is 55.6 Å². The number of nitrogens with zero attached hydrogens (tertiary/aromatic N) is 5. The molecule has 4 heterocycles. The molecule has 2 aromatic carbocycles. The average Bonchev–Trinajstić information content (AvgIpc) is 3.35. The Morgan fingerprint density at radius 2 is 1.78 bits per heavy atom. The summed E-state index contributed by atoms with van der Waals surface area (Å²) in [5.41, 5.74) is -0.607. The van der Waals surface area contributed by atoms with E-state index in [2.05, 4.69) is 4.98 Å². The summed E-state index contributed by atoms with van der Waals surface area (Å²) in [7, 11) is 3.62. The number of nitro benzene ring substituents is 1. The Morgan fingerprint density at radius 3 is 2.36 bits per heavy atom. The number of hydrogen-bond donors (Lipinski definition) is 0. The summed E-state index contributed by atoms with van der Waals surface area (Å²) in [5, 5.41) is 11.5. The van der Waals surface area contributed by atoms with E-state index in [9.17, 15) is 28.5 Å². The topological polar surface area (TPSA) is 122 Å². The second kappa shape index (κ2) is 12.3. The van der Waals surface area contributed by atoms with Gasteiger partial charge < -0.3 is 14.4 Å². The Labute approximate surface area is 258 Å². The zero-order valence-electron chi connectivity index (χ0n) is 24.2. The molecular weight excluding hydrogens is 608 g/mol. The summed E-state index contributed by atoms with van der Waals surface area (Å²) in [6, 6.07) is 12.3. The van der Waals surface area contributed by atoms with E-state index >= 15 is 0 Å². The maximum absolute atomic E-state index is 14.9. The Kier molecular flexibility index (Phi) is 8.27. The molecule has 232 valence electrons. The molecule has 0 aliphatic carbocycles. The molecule has 0 amide bonds. The van der Waals surface area contributed by atoms with Gasteiger partial charge >= 0.3 is 5.69 Å². The molecule has 0 N–H and O–H groups in total. The lowest BCUT2D eigenvalue weighted by molar-refractivity contribution is -0.384. The molecule has 1 aliphatic rings. The van der Waals surface area contributed by atoms with Crippen LogP contribution in [0.1, 0.15) is 11.1 Å². The Bertz CT molecular complexity index is 2000. The van der Waals surface area contributed by atoms with Crippen LogP contribution in [0.25, 0.3) is 26.3 Å². The summed E-state index contributed by atoms with van der Waals surface area (Å²) >= 11 is 1.10. The average molecular weight is 636 g/mol. The van der Waals surface area contributed by atoms with Crippen LogP contribution in [0.4, 0.5) is 14.5 Å². The minimum Gasteiger partial charge on any atom is -0.477 e. The number of thiophene rings is 1. The summed E-state index contributed by atoms with van der Waals surface area (Å²) in [5.74, 6) is -1.11. The minimum absolute atomic E-state index is 0.107. The van der Waals surface area contributed by atoms with Crippen LogP contribution in [0.5, 0.6) is 5.88 Å². The Hall–Kier alpha value is -4.79. The van der Waals surface area contributed by atoms with Crippen LogP contribution < -0.4 is 16.0 Å². The molecule has 5 aromatic rings. The highest BCUT2D eigenvalue weighted by molar-refractivity contribution is 7.22. The molecule has 45 heavy (non-hydrogen) atoms. The predicted octanol–water partition coefficient (Wildman–Crippen LogP) is 4.60. The fraction of sp³-hybridized carbons (Fsp3) is 0.258. The lowest BCUT2D eigenvalue weighted by atomic mass is 10.1. The quantitative estimate of drug-likeness (QED) is 0.161. The number of hydrogen-bond acceptors (Lipinski definition) is 9. The molecule has 0 radical (unpaired) electrons. The van der Waals surface area contributed by atoms with E-state index in [4.69, 9.17) is 9.47 Å². The molecule has 14 heteroatoms. The molecule has 6 rings (SSSR count). The van der Waals surface area contributed by atoms with Gasteiger partial charge in [-0.2, -0.15) is 0 Å². The number of halogens is 2. The highest BCUT2D eigenvalue weighted by atomic mass is 32.1. The summed E-state index contributed by atoms with van der Waals surface area (Å²) in [6.07, 6.45) is 1.34. The van der Waals surface area contributed by atoms with Gasteiger partial charge in [0.25, 0.3) is 11.2 Å². The molecule has 1 aliphatic heterocycles. The molecule has 1 fully saturated rings. The third kappa shape index (κ3) is 5.87. The number of benzene rings is 2. The molecular formula is C31H27F2N5O6S. The first kappa shape index (κ1) is 30.2. The first-order valence-electron chi connectivity index (χ1n) is 13.9. The van der Waals surface area contributed by atoms with Crippen molar-refractivity contribution in [3.05, 3.63) is 115 Å². The van der Waals surface area contributed by atoms with E-state index in [0.29, 0.717) is 41.7 Å². The number of nitro groups is 1. The van der Waals surface area contributed by atoms with E-state index in [-0.39, 0.29) is 39.6 Å². The van der Waals surface area contributed by atoms with Gasteiger partial charge in [0, 0.05) is 41.1 Å². The van der Waals surface area contributed by atoms with Gasteiger partial charge in [0.05, 0.1) is 48.6 Å². The van der Waals surface area contributed by atoms with Gasteiger partial charge in [-0.15, -0.1) is 11.3 Å². The maximum atomic E-state index is 14.9. The number of ether oxygens (including phenoxy) is 2. The number of aromatic nitrogens is 3. The monoisotopic (exact) mass is 635 g/mol. The molecule has 0 unspecified atom stereocenters. The third-order valence-corrected chi connectivity index (χ3v) is 8.72.